The topological polar surface area (TPSA) is 28.2 Å². The first-order valence-electron chi connectivity index (χ1n) is 7.46. The summed E-state index contributed by atoms with van der Waals surface area (Å²) >= 11 is 0. The number of piperidine rings is 1. The first-order chi connectivity index (χ1) is 9.63. The van der Waals surface area contributed by atoms with E-state index in [0.29, 0.717) is 12.1 Å². The second-order valence-electron chi connectivity index (χ2n) is 6.03. The van der Waals surface area contributed by atoms with Crippen molar-refractivity contribution in [1.29, 1.82) is 0 Å². The molecule has 0 spiro atoms. The van der Waals surface area contributed by atoms with Crippen molar-refractivity contribution in [3.63, 3.8) is 0 Å². The van der Waals surface area contributed by atoms with Gasteiger partial charge in [0, 0.05) is 29.7 Å². The Morgan fingerprint density at radius 3 is 2.90 bits per heavy atom. The summed E-state index contributed by atoms with van der Waals surface area (Å²) in [6.45, 7) is 5.52. The van der Waals surface area contributed by atoms with E-state index in [1.165, 1.54) is 23.9 Å². The van der Waals surface area contributed by atoms with Gasteiger partial charge in [-0.05, 0) is 45.9 Å². The van der Waals surface area contributed by atoms with Crippen molar-refractivity contribution in [2.75, 3.05) is 18.9 Å². The Hall–Kier alpha value is -1.61. The predicted octanol–water partition coefficient (Wildman–Crippen LogP) is 3.44. The zero-order valence-electron chi connectivity index (χ0n) is 12.6. The van der Waals surface area contributed by atoms with Crippen molar-refractivity contribution in [2.24, 2.45) is 0 Å². The van der Waals surface area contributed by atoms with Crippen molar-refractivity contribution in [2.45, 2.75) is 38.8 Å². The van der Waals surface area contributed by atoms with E-state index in [-0.39, 0.29) is 0 Å². The second-order valence-corrected chi connectivity index (χ2v) is 6.03. The summed E-state index contributed by atoms with van der Waals surface area (Å²) in [5, 5.41) is 4.92. The van der Waals surface area contributed by atoms with Crippen LogP contribution in [0.15, 0.2) is 30.3 Å². The fraction of sp³-hybridized carbons (Fsp3) is 0.471. The maximum Gasteiger partial charge on any atom is 0.0936 e. The van der Waals surface area contributed by atoms with Crippen LogP contribution in [-0.4, -0.2) is 35.6 Å². The van der Waals surface area contributed by atoms with Crippen molar-refractivity contribution in [1.82, 2.24) is 9.88 Å². The number of aryl methyl sites for hydroxylation is 1. The van der Waals surface area contributed by atoms with Crippen LogP contribution in [-0.2, 0) is 0 Å². The zero-order valence-corrected chi connectivity index (χ0v) is 12.6. The fourth-order valence-corrected chi connectivity index (χ4v) is 3.00. The molecule has 0 saturated carbocycles. The average Bonchev–Trinajstić information content (AvgIpc) is 2.44. The van der Waals surface area contributed by atoms with E-state index in [4.69, 9.17) is 4.98 Å². The molecule has 1 saturated heterocycles. The first kappa shape index (κ1) is 13.4. The summed E-state index contributed by atoms with van der Waals surface area (Å²) in [4.78, 5) is 7.14. The molecule has 3 heteroatoms. The summed E-state index contributed by atoms with van der Waals surface area (Å²) < 4.78 is 0. The van der Waals surface area contributed by atoms with E-state index < -0.39 is 0 Å². The van der Waals surface area contributed by atoms with E-state index in [0.717, 1.165) is 17.8 Å². The van der Waals surface area contributed by atoms with Gasteiger partial charge in [-0.3, -0.25) is 4.98 Å². The van der Waals surface area contributed by atoms with Crippen LogP contribution in [0.5, 0.6) is 0 Å². The van der Waals surface area contributed by atoms with Crippen LogP contribution in [0.2, 0.25) is 0 Å². The van der Waals surface area contributed by atoms with Gasteiger partial charge in [0.25, 0.3) is 0 Å². The fourth-order valence-electron chi connectivity index (χ4n) is 3.00. The number of benzene rings is 1. The zero-order chi connectivity index (χ0) is 14.1. The Morgan fingerprint density at radius 1 is 1.25 bits per heavy atom. The highest BCUT2D eigenvalue weighted by Gasteiger charge is 2.22. The van der Waals surface area contributed by atoms with E-state index in [9.17, 15) is 0 Å². The smallest absolute Gasteiger partial charge is 0.0936 e. The molecule has 0 amide bonds. The monoisotopic (exact) mass is 269 g/mol. The number of anilines is 1. The lowest BCUT2D eigenvalue weighted by Crippen LogP contribution is -2.42. The quantitative estimate of drug-likeness (QED) is 0.905. The highest BCUT2D eigenvalue weighted by molar-refractivity contribution is 5.90. The summed E-state index contributed by atoms with van der Waals surface area (Å²) in [6, 6.07) is 11.8. The Labute approximate surface area is 121 Å². The van der Waals surface area contributed by atoms with Gasteiger partial charge in [-0.25, -0.2) is 0 Å². The van der Waals surface area contributed by atoms with E-state index in [1.54, 1.807) is 0 Å². The molecule has 20 heavy (non-hydrogen) atoms. The van der Waals surface area contributed by atoms with Crippen LogP contribution in [0.4, 0.5) is 5.69 Å². The number of likely N-dealkylation sites (tertiary alicyclic amines) is 1. The Morgan fingerprint density at radius 2 is 2.10 bits per heavy atom. The molecule has 2 aromatic rings. The third-order valence-electron chi connectivity index (χ3n) is 4.43. The van der Waals surface area contributed by atoms with Crippen LogP contribution in [0.1, 0.15) is 25.5 Å². The average molecular weight is 269 g/mol. The lowest BCUT2D eigenvalue weighted by atomic mass is 9.98. The number of fused-ring (bicyclic) bond motifs is 1. The number of nitrogens with one attached hydrogen (secondary N) is 1. The number of pyridine rings is 1. The van der Waals surface area contributed by atoms with Crippen LogP contribution in [0.3, 0.4) is 0 Å². The largest absolute Gasteiger partial charge is 0.380 e. The molecule has 1 aliphatic rings. The van der Waals surface area contributed by atoms with Crippen LogP contribution in [0.25, 0.3) is 10.9 Å². The third-order valence-corrected chi connectivity index (χ3v) is 4.43. The van der Waals surface area contributed by atoms with E-state index >= 15 is 0 Å². The summed E-state index contributed by atoms with van der Waals surface area (Å²) in [5.41, 5.74) is 3.34. The van der Waals surface area contributed by atoms with Gasteiger partial charge in [0.1, 0.15) is 0 Å². The molecule has 3 rings (SSSR count). The number of rotatable bonds is 2. The third kappa shape index (κ3) is 2.63. The minimum Gasteiger partial charge on any atom is -0.380 e. The normalized spacial score (nSPS) is 23.9. The molecule has 106 valence electrons. The molecular weight excluding hydrogens is 246 g/mol. The highest BCUT2D eigenvalue weighted by Crippen LogP contribution is 2.25. The van der Waals surface area contributed by atoms with Gasteiger partial charge in [0.15, 0.2) is 0 Å². The lowest BCUT2D eigenvalue weighted by molar-refractivity contribution is 0.190. The molecule has 1 aliphatic heterocycles. The summed E-state index contributed by atoms with van der Waals surface area (Å²) in [5.74, 6) is 0. The molecular formula is C17H23N3. The van der Waals surface area contributed by atoms with E-state index in [2.05, 4.69) is 54.5 Å². The van der Waals surface area contributed by atoms with Crippen molar-refractivity contribution in [3.05, 3.63) is 36.0 Å². The van der Waals surface area contributed by atoms with Crippen molar-refractivity contribution >= 4 is 16.6 Å². The van der Waals surface area contributed by atoms with Crippen LogP contribution < -0.4 is 5.32 Å². The van der Waals surface area contributed by atoms with Gasteiger partial charge in [0.2, 0.25) is 0 Å². The molecule has 1 fully saturated rings. The number of nitrogens with zero attached hydrogens (tertiary/aromatic N) is 2. The highest BCUT2D eigenvalue weighted by atomic mass is 15.1. The Bertz CT molecular complexity index is 608. The first-order valence-corrected chi connectivity index (χ1v) is 7.46. The Balaban J connectivity index is 1.86. The molecule has 1 aromatic heterocycles. The van der Waals surface area contributed by atoms with Crippen molar-refractivity contribution in [3.8, 4) is 0 Å². The number of para-hydroxylation sites is 1. The molecule has 0 aliphatic carbocycles. The summed E-state index contributed by atoms with van der Waals surface area (Å²) in [6.07, 6.45) is 2.39. The Kier molecular flexibility index (Phi) is 3.62. The standard InChI is InChI=1S/C17H23N3/c1-12-7-8-14-5-4-6-16(17(14)18-12)19-15-9-10-20(3)13(2)11-15/h4-8,13,15,19H,9-11H2,1-3H3. The van der Waals surface area contributed by atoms with Crippen LogP contribution >= 0.6 is 0 Å². The molecule has 2 unspecified atom stereocenters. The minimum atomic E-state index is 0.550. The maximum absolute atomic E-state index is 4.70. The van der Waals surface area contributed by atoms with Crippen LogP contribution in [0, 0.1) is 6.92 Å². The van der Waals surface area contributed by atoms with Gasteiger partial charge >= 0.3 is 0 Å². The van der Waals surface area contributed by atoms with Gasteiger partial charge in [0.05, 0.1) is 11.2 Å². The predicted molar refractivity (Wildman–Crippen MR) is 85.2 cm³/mol. The maximum atomic E-state index is 4.70. The minimum absolute atomic E-state index is 0.550. The van der Waals surface area contributed by atoms with Crippen molar-refractivity contribution < 1.29 is 0 Å². The molecule has 3 nitrogen and oxygen atoms in total. The molecule has 2 atom stereocenters. The van der Waals surface area contributed by atoms with E-state index in [1.807, 2.05) is 6.92 Å². The number of hydrogen-bond acceptors (Lipinski definition) is 3. The SMILES string of the molecule is Cc1ccc2cccc(NC3CCN(C)C(C)C3)c2n1. The number of hydrogen-bond donors (Lipinski definition) is 1. The van der Waals surface area contributed by atoms with Gasteiger partial charge < -0.3 is 10.2 Å². The molecule has 0 radical (unpaired) electrons. The molecule has 2 heterocycles. The molecule has 0 bridgehead atoms. The molecule has 1 aromatic carbocycles. The second kappa shape index (κ2) is 5.41. The van der Waals surface area contributed by atoms with Gasteiger partial charge in [-0.15, -0.1) is 0 Å². The van der Waals surface area contributed by atoms with Gasteiger partial charge in [-0.1, -0.05) is 18.2 Å². The number of aromatic nitrogens is 1. The van der Waals surface area contributed by atoms with Gasteiger partial charge in [-0.2, -0.15) is 0 Å². The summed E-state index contributed by atoms with van der Waals surface area (Å²) in [7, 11) is 2.21. The lowest BCUT2D eigenvalue weighted by Gasteiger charge is -2.35. The molecule has 1 N–H and O–H groups in total.